The Morgan fingerprint density at radius 3 is 2.56 bits per heavy atom. The molecule has 0 aromatic carbocycles. The van der Waals surface area contributed by atoms with Crippen LogP contribution in [0.3, 0.4) is 0 Å². The van der Waals surface area contributed by atoms with E-state index < -0.39 is 24.0 Å². The van der Waals surface area contributed by atoms with Crippen molar-refractivity contribution in [3.8, 4) is 0 Å². The molecular formula is C10H10Cl2N2O4. The quantitative estimate of drug-likeness (QED) is 0.718. The van der Waals surface area contributed by atoms with E-state index in [2.05, 4.69) is 10.3 Å². The van der Waals surface area contributed by atoms with Gasteiger partial charge in [-0.1, -0.05) is 23.2 Å². The third-order valence-corrected chi connectivity index (χ3v) is 2.61. The van der Waals surface area contributed by atoms with Gasteiger partial charge in [0.05, 0.1) is 12.1 Å². The molecule has 0 saturated heterocycles. The number of aliphatic hydroxyl groups is 1. The van der Waals surface area contributed by atoms with E-state index in [9.17, 15) is 14.7 Å². The first-order chi connectivity index (χ1) is 8.24. The molecule has 18 heavy (non-hydrogen) atoms. The number of aliphatic carboxylic acids is 1. The molecule has 1 rings (SSSR count). The molecule has 0 fully saturated rings. The molecule has 1 aromatic rings. The summed E-state index contributed by atoms with van der Waals surface area (Å²) in [6.45, 7) is 0.609. The highest BCUT2D eigenvalue weighted by atomic mass is 35.5. The third-order valence-electron chi connectivity index (χ3n) is 2.11. The standard InChI is InChI=1S/C10H10Cl2N2O4/c1-10(18,9(16)17)4-13-8(15)5-2-3-6(11)14-7(5)12/h2-3,18H,4H2,1H3,(H,13,15)(H,16,17). The van der Waals surface area contributed by atoms with Crippen LogP contribution in [0.2, 0.25) is 10.3 Å². The van der Waals surface area contributed by atoms with Crippen molar-refractivity contribution in [1.29, 1.82) is 0 Å². The highest BCUT2D eigenvalue weighted by molar-refractivity contribution is 6.34. The molecule has 0 bridgehead atoms. The molecule has 1 unspecified atom stereocenters. The van der Waals surface area contributed by atoms with Gasteiger partial charge in [-0.25, -0.2) is 9.78 Å². The van der Waals surface area contributed by atoms with Gasteiger partial charge in [-0.3, -0.25) is 4.79 Å². The summed E-state index contributed by atoms with van der Waals surface area (Å²) in [5, 5.41) is 20.4. The molecule has 1 aromatic heterocycles. The van der Waals surface area contributed by atoms with Crippen LogP contribution < -0.4 is 5.32 Å². The van der Waals surface area contributed by atoms with Gasteiger partial charge in [-0.05, 0) is 19.1 Å². The van der Waals surface area contributed by atoms with E-state index in [1.165, 1.54) is 12.1 Å². The summed E-state index contributed by atoms with van der Waals surface area (Å²) in [5.74, 6) is -2.09. The predicted molar refractivity (Wildman–Crippen MR) is 64.8 cm³/mol. The lowest BCUT2D eigenvalue weighted by atomic mass is 10.1. The van der Waals surface area contributed by atoms with Crippen LogP contribution in [0.5, 0.6) is 0 Å². The number of amides is 1. The van der Waals surface area contributed by atoms with Crippen LogP contribution in [0.15, 0.2) is 12.1 Å². The van der Waals surface area contributed by atoms with Gasteiger partial charge in [-0.2, -0.15) is 0 Å². The summed E-state index contributed by atoms with van der Waals surface area (Å²) in [6.07, 6.45) is 0. The molecule has 8 heteroatoms. The van der Waals surface area contributed by atoms with Gasteiger partial charge in [0.1, 0.15) is 10.3 Å². The van der Waals surface area contributed by atoms with Gasteiger partial charge in [0.2, 0.25) is 0 Å². The second kappa shape index (κ2) is 5.51. The van der Waals surface area contributed by atoms with Gasteiger partial charge in [0.25, 0.3) is 5.91 Å². The Bertz CT molecular complexity index is 491. The first kappa shape index (κ1) is 14.7. The largest absolute Gasteiger partial charge is 0.479 e. The fourth-order valence-corrected chi connectivity index (χ4v) is 1.44. The molecule has 3 N–H and O–H groups in total. The maximum atomic E-state index is 11.7. The zero-order valence-electron chi connectivity index (χ0n) is 9.28. The maximum Gasteiger partial charge on any atom is 0.337 e. The van der Waals surface area contributed by atoms with E-state index in [0.717, 1.165) is 6.92 Å². The number of hydrogen-bond donors (Lipinski definition) is 3. The number of halogens is 2. The number of rotatable bonds is 4. The Morgan fingerprint density at radius 1 is 1.44 bits per heavy atom. The van der Waals surface area contributed by atoms with Crippen LogP contribution in [-0.4, -0.2) is 39.2 Å². The fraction of sp³-hybridized carbons (Fsp3) is 0.300. The second-order valence-electron chi connectivity index (χ2n) is 3.73. The minimum absolute atomic E-state index is 0.0438. The lowest BCUT2D eigenvalue weighted by Crippen LogP contribution is -2.46. The first-order valence-corrected chi connectivity index (χ1v) is 5.55. The van der Waals surface area contributed by atoms with Crippen molar-refractivity contribution in [2.24, 2.45) is 0 Å². The molecule has 1 amide bonds. The number of hydrogen-bond acceptors (Lipinski definition) is 4. The van der Waals surface area contributed by atoms with Crippen LogP contribution in [0.1, 0.15) is 17.3 Å². The lowest BCUT2D eigenvalue weighted by molar-refractivity contribution is -0.155. The molecule has 0 radical (unpaired) electrons. The van der Waals surface area contributed by atoms with Crippen LogP contribution in [0, 0.1) is 0 Å². The van der Waals surface area contributed by atoms with Crippen molar-refractivity contribution in [3.63, 3.8) is 0 Å². The van der Waals surface area contributed by atoms with Crippen molar-refractivity contribution in [2.75, 3.05) is 6.54 Å². The third kappa shape index (κ3) is 3.56. The second-order valence-corrected chi connectivity index (χ2v) is 4.48. The number of nitrogens with one attached hydrogen (secondary N) is 1. The Balaban J connectivity index is 2.75. The summed E-state index contributed by atoms with van der Waals surface area (Å²) in [7, 11) is 0. The van der Waals surface area contributed by atoms with Gasteiger partial charge in [0.15, 0.2) is 5.60 Å². The van der Waals surface area contributed by atoms with E-state index in [4.69, 9.17) is 28.3 Å². The summed E-state index contributed by atoms with van der Waals surface area (Å²) in [4.78, 5) is 26.0. The Kier molecular flexibility index (Phi) is 4.50. The van der Waals surface area contributed by atoms with Crippen molar-refractivity contribution in [1.82, 2.24) is 10.3 Å². The van der Waals surface area contributed by atoms with Crippen LogP contribution in [0.4, 0.5) is 0 Å². The molecule has 98 valence electrons. The molecule has 0 aliphatic heterocycles. The van der Waals surface area contributed by atoms with Crippen LogP contribution in [0.25, 0.3) is 0 Å². The molecule has 6 nitrogen and oxygen atoms in total. The van der Waals surface area contributed by atoms with Gasteiger partial charge >= 0.3 is 5.97 Å². The van der Waals surface area contributed by atoms with E-state index in [0.29, 0.717) is 0 Å². The topological polar surface area (TPSA) is 99.5 Å². The smallest absolute Gasteiger partial charge is 0.337 e. The average molecular weight is 293 g/mol. The molecule has 0 spiro atoms. The summed E-state index contributed by atoms with van der Waals surface area (Å²) < 4.78 is 0. The number of aromatic nitrogens is 1. The van der Waals surface area contributed by atoms with Gasteiger partial charge in [-0.15, -0.1) is 0 Å². The minimum atomic E-state index is -2.05. The highest BCUT2D eigenvalue weighted by Crippen LogP contribution is 2.16. The number of carboxylic acids is 1. The van der Waals surface area contributed by atoms with Crippen molar-refractivity contribution in [3.05, 3.63) is 28.0 Å². The fourth-order valence-electron chi connectivity index (χ4n) is 1.00. The monoisotopic (exact) mass is 292 g/mol. The predicted octanol–water partition coefficient (Wildman–Crippen LogP) is 0.954. The van der Waals surface area contributed by atoms with Crippen molar-refractivity contribution < 1.29 is 19.8 Å². The molecular weight excluding hydrogens is 283 g/mol. The molecule has 1 atom stereocenters. The average Bonchev–Trinajstić information content (AvgIpc) is 2.25. The molecule has 0 aliphatic carbocycles. The van der Waals surface area contributed by atoms with E-state index in [1.54, 1.807) is 0 Å². The molecule has 0 aliphatic rings. The van der Waals surface area contributed by atoms with E-state index in [1.807, 2.05) is 0 Å². The molecule has 0 saturated carbocycles. The Hall–Kier alpha value is -1.37. The highest BCUT2D eigenvalue weighted by Gasteiger charge is 2.30. The van der Waals surface area contributed by atoms with Gasteiger partial charge in [0, 0.05) is 0 Å². The van der Waals surface area contributed by atoms with Crippen molar-refractivity contribution in [2.45, 2.75) is 12.5 Å². The number of carbonyl (C=O) groups excluding carboxylic acids is 1. The van der Waals surface area contributed by atoms with E-state index >= 15 is 0 Å². The first-order valence-electron chi connectivity index (χ1n) is 4.80. The summed E-state index contributed by atoms with van der Waals surface area (Å²) >= 11 is 11.3. The molecule has 1 heterocycles. The van der Waals surface area contributed by atoms with Crippen LogP contribution in [-0.2, 0) is 4.79 Å². The maximum absolute atomic E-state index is 11.7. The summed E-state index contributed by atoms with van der Waals surface area (Å²) in [5.41, 5.74) is -2.01. The zero-order valence-corrected chi connectivity index (χ0v) is 10.8. The van der Waals surface area contributed by atoms with E-state index in [-0.39, 0.29) is 15.9 Å². The lowest BCUT2D eigenvalue weighted by Gasteiger charge is -2.18. The summed E-state index contributed by atoms with van der Waals surface area (Å²) in [6, 6.07) is 2.72. The Labute approximate surface area is 113 Å². The Morgan fingerprint density at radius 2 is 2.06 bits per heavy atom. The van der Waals surface area contributed by atoms with Gasteiger partial charge < -0.3 is 15.5 Å². The van der Waals surface area contributed by atoms with Crippen molar-refractivity contribution >= 4 is 35.1 Å². The number of carbonyl (C=O) groups is 2. The number of pyridine rings is 1. The number of carboxylic acid groups (broad SMARTS) is 1. The normalized spacial score (nSPS) is 13.8. The SMILES string of the molecule is CC(O)(CNC(=O)c1ccc(Cl)nc1Cl)C(=O)O. The minimum Gasteiger partial charge on any atom is -0.479 e. The number of nitrogens with zero attached hydrogens (tertiary/aromatic N) is 1. The van der Waals surface area contributed by atoms with Crippen LogP contribution >= 0.6 is 23.2 Å². The zero-order chi connectivity index (χ0) is 13.9.